The number of piperidine rings is 1. The minimum Gasteiger partial charge on any atom is -0.472 e. The van der Waals surface area contributed by atoms with Crippen molar-refractivity contribution in [3.8, 4) is 0 Å². The summed E-state index contributed by atoms with van der Waals surface area (Å²) in [5.41, 5.74) is 0.718. The first-order chi connectivity index (χ1) is 9.85. The van der Waals surface area contributed by atoms with Crippen LogP contribution < -0.4 is 5.32 Å². The molecule has 2 heterocycles. The van der Waals surface area contributed by atoms with Gasteiger partial charge in [-0.1, -0.05) is 0 Å². The Hall–Kier alpha value is -1.49. The van der Waals surface area contributed by atoms with E-state index in [1.165, 1.54) is 5.56 Å². The third kappa shape index (κ3) is 4.77. The number of carbonyl (C=O) groups excluding carboxylic acids is 1. The number of likely N-dealkylation sites (tertiary alicyclic amines) is 1. The highest BCUT2D eigenvalue weighted by atomic mass is 16.6. The fourth-order valence-corrected chi connectivity index (χ4v) is 2.67. The maximum Gasteiger partial charge on any atom is 0.407 e. The van der Waals surface area contributed by atoms with Gasteiger partial charge in [-0.3, -0.25) is 4.90 Å². The SMILES string of the molecule is C[C@@H](c1ccoc1)N1CCC[C@H](NC(=O)OC(C)(C)C)C1. The normalized spacial score (nSPS) is 21.8. The molecule has 2 rings (SSSR count). The molecule has 1 aromatic rings. The number of nitrogens with one attached hydrogen (secondary N) is 1. The van der Waals surface area contributed by atoms with Crippen LogP contribution in [0.5, 0.6) is 0 Å². The van der Waals surface area contributed by atoms with Gasteiger partial charge in [-0.15, -0.1) is 0 Å². The molecule has 0 aliphatic carbocycles. The van der Waals surface area contributed by atoms with Crippen molar-refractivity contribution in [3.05, 3.63) is 24.2 Å². The average Bonchev–Trinajstić information content (AvgIpc) is 2.89. The van der Waals surface area contributed by atoms with Gasteiger partial charge >= 0.3 is 6.09 Å². The summed E-state index contributed by atoms with van der Waals surface area (Å²) < 4.78 is 10.5. The van der Waals surface area contributed by atoms with Crippen LogP contribution in [-0.4, -0.2) is 35.7 Å². The van der Waals surface area contributed by atoms with Crippen LogP contribution >= 0.6 is 0 Å². The van der Waals surface area contributed by atoms with E-state index >= 15 is 0 Å². The summed E-state index contributed by atoms with van der Waals surface area (Å²) in [7, 11) is 0. The molecule has 1 aromatic heterocycles. The molecule has 0 aromatic carbocycles. The summed E-state index contributed by atoms with van der Waals surface area (Å²) in [6.07, 6.45) is 5.23. The third-order valence-corrected chi connectivity index (χ3v) is 3.75. The van der Waals surface area contributed by atoms with Crippen molar-refractivity contribution in [2.24, 2.45) is 0 Å². The number of hydrogen-bond acceptors (Lipinski definition) is 4. The van der Waals surface area contributed by atoms with E-state index in [0.717, 1.165) is 25.9 Å². The zero-order chi connectivity index (χ0) is 15.5. The standard InChI is InChI=1S/C16H26N2O3/c1-12(13-7-9-20-11-13)18-8-5-6-14(10-18)17-15(19)21-16(2,3)4/h7,9,11-12,14H,5-6,8,10H2,1-4H3,(H,17,19)/t12-,14-/m0/s1. The van der Waals surface area contributed by atoms with E-state index in [4.69, 9.17) is 9.15 Å². The molecule has 0 unspecified atom stereocenters. The molecule has 2 atom stereocenters. The summed E-state index contributed by atoms with van der Waals surface area (Å²) in [4.78, 5) is 14.2. The van der Waals surface area contributed by atoms with Crippen molar-refractivity contribution < 1.29 is 13.9 Å². The molecule has 0 bridgehead atoms. The molecule has 1 amide bonds. The van der Waals surface area contributed by atoms with E-state index in [1.807, 2.05) is 26.8 Å². The lowest BCUT2D eigenvalue weighted by Crippen LogP contribution is -2.49. The van der Waals surface area contributed by atoms with Gasteiger partial charge in [-0.25, -0.2) is 4.79 Å². The second kappa shape index (κ2) is 6.52. The van der Waals surface area contributed by atoms with Crippen LogP contribution in [0, 0.1) is 0 Å². The molecule has 0 saturated carbocycles. The van der Waals surface area contributed by atoms with Gasteiger partial charge in [0.25, 0.3) is 0 Å². The molecule has 5 nitrogen and oxygen atoms in total. The van der Waals surface area contributed by atoms with Gasteiger partial charge in [-0.05, 0) is 53.1 Å². The summed E-state index contributed by atoms with van der Waals surface area (Å²) in [5, 5.41) is 2.98. The van der Waals surface area contributed by atoms with Gasteiger partial charge in [0.2, 0.25) is 0 Å². The second-order valence-electron chi connectivity index (χ2n) is 6.71. The van der Waals surface area contributed by atoms with E-state index in [0.29, 0.717) is 6.04 Å². The number of hydrogen-bond donors (Lipinski definition) is 1. The Kier molecular flexibility index (Phi) is 4.93. The Morgan fingerprint density at radius 3 is 2.90 bits per heavy atom. The van der Waals surface area contributed by atoms with Crippen molar-refractivity contribution in [2.45, 2.75) is 58.2 Å². The minimum absolute atomic E-state index is 0.142. The van der Waals surface area contributed by atoms with Crippen LogP contribution in [0.4, 0.5) is 4.79 Å². The van der Waals surface area contributed by atoms with E-state index in [-0.39, 0.29) is 12.1 Å². The van der Waals surface area contributed by atoms with Crippen molar-refractivity contribution in [1.29, 1.82) is 0 Å². The maximum atomic E-state index is 11.9. The molecule has 21 heavy (non-hydrogen) atoms. The average molecular weight is 294 g/mol. The maximum absolute atomic E-state index is 11.9. The predicted molar refractivity (Wildman–Crippen MR) is 81.1 cm³/mol. The lowest BCUT2D eigenvalue weighted by atomic mass is 10.0. The third-order valence-electron chi connectivity index (χ3n) is 3.75. The number of amides is 1. The molecular weight excluding hydrogens is 268 g/mol. The molecule has 0 spiro atoms. The van der Waals surface area contributed by atoms with E-state index in [1.54, 1.807) is 12.5 Å². The van der Waals surface area contributed by atoms with Crippen molar-refractivity contribution in [3.63, 3.8) is 0 Å². The van der Waals surface area contributed by atoms with Gasteiger partial charge in [0, 0.05) is 24.2 Å². The number of rotatable bonds is 3. The molecule has 1 aliphatic heterocycles. The lowest BCUT2D eigenvalue weighted by molar-refractivity contribution is 0.0458. The molecule has 5 heteroatoms. The fraction of sp³-hybridized carbons (Fsp3) is 0.688. The van der Waals surface area contributed by atoms with Crippen LogP contribution in [0.15, 0.2) is 23.0 Å². The first-order valence-corrected chi connectivity index (χ1v) is 7.61. The summed E-state index contributed by atoms with van der Waals surface area (Å²) in [6, 6.07) is 2.44. The molecule has 1 fully saturated rings. The molecule has 118 valence electrons. The predicted octanol–water partition coefficient (Wildman–Crippen LogP) is 3.33. The highest BCUT2D eigenvalue weighted by Gasteiger charge is 2.27. The van der Waals surface area contributed by atoms with Gasteiger partial charge in [0.05, 0.1) is 12.5 Å². The van der Waals surface area contributed by atoms with E-state index in [9.17, 15) is 4.79 Å². The first-order valence-electron chi connectivity index (χ1n) is 7.61. The van der Waals surface area contributed by atoms with Crippen LogP contribution in [-0.2, 0) is 4.74 Å². The number of carbonyl (C=O) groups is 1. The van der Waals surface area contributed by atoms with Gasteiger partial charge < -0.3 is 14.5 Å². The molecular formula is C16H26N2O3. The molecule has 1 saturated heterocycles. The molecule has 1 N–H and O–H groups in total. The second-order valence-corrected chi connectivity index (χ2v) is 6.71. The molecule has 0 radical (unpaired) electrons. The minimum atomic E-state index is -0.456. The van der Waals surface area contributed by atoms with E-state index in [2.05, 4.69) is 17.1 Å². The van der Waals surface area contributed by atoms with Crippen LogP contribution in [0.25, 0.3) is 0 Å². The Labute approximate surface area is 126 Å². The summed E-state index contributed by atoms with van der Waals surface area (Å²) in [6.45, 7) is 9.67. The molecule has 1 aliphatic rings. The van der Waals surface area contributed by atoms with Crippen molar-refractivity contribution >= 4 is 6.09 Å². The Morgan fingerprint density at radius 1 is 1.52 bits per heavy atom. The van der Waals surface area contributed by atoms with Crippen molar-refractivity contribution in [1.82, 2.24) is 10.2 Å². The topological polar surface area (TPSA) is 54.7 Å². The monoisotopic (exact) mass is 294 g/mol. The van der Waals surface area contributed by atoms with Crippen LogP contribution in [0.1, 0.15) is 52.1 Å². The Morgan fingerprint density at radius 2 is 2.29 bits per heavy atom. The zero-order valence-corrected chi connectivity index (χ0v) is 13.4. The lowest BCUT2D eigenvalue weighted by Gasteiger charge is -2.36. The number of alkyl carbamates (subject to hydrolysis) is 1. The number of ether oxygens (including phenoxy) is 1. The van der Waals surface area contributed by atoms with Gasteiger partial charge in [-0.2, -0.15) is 0 Å². The highest BCUT2D eigenvalue weighted by Crippen LogP contribution is 2.24. The Balaban J connectivity index is 1.87. The van der Waals surface area contributed by atoms with Crippen LogP contribution in [0.2, 0.25) is 0 Å². The van der Waals surface area contributed by atoms with Gasteiger partial charge in [0.1, 0.15) is 5.60 Å². The quantitative estimate of drug-likeness (QED) is 0.929. The van der Waals surface area contributed by atoms with E-state index < -0.39 is 5.60 Å². The van der Waals surface area contributed by atoms with Crippen molar-refractivity contribution in [2.75, 3.05) is 13.1 Å². The first kappa shape index (κ1) is 15.9. The Bertz CT molecular complexity index is 451. The zero-order valence-electron chi connectivity index (χ0n) is 13.4. The smallest absolute Gasteiger partial charge is 0.407 e. The van der Waals surface area contributed by atoms with Crippen LogP contribution in [0.3, 0.4) is 0 Å². The summed E-state index contributed by atoms with van der Waals surface area (Å²) >= 11 is 0. The highest BCUT2D eigenvalue weighted by molar-refractivity contribution is 5.68. The number of furan rings is 1. The largest absolute Gasteiger partial charge is 0.472 e. The summed E-state index contributed by atoms with van der Waals surface area (Å²) in [5.74, 6) is 0. The fourth-order valence-electron chi connectivity index (χ4n) is 2.67. The van der Waals surface area contributed by atoms with Gasteiger partial charge in [0.15, 0.2) is 0 Å². The number of nitrogens with zero attached hydrogens (tertiary/aromatic N) is 1.